The number of fused-ring (bicyclic) bond motifs is 1. The molecule has 3 aromatic rings. The summed E-state index contributed by atoms with van der Waals surface area (Å²) in [6, 6.07) is 8.82. The minimum Gasteiger partial charge on any atom is -0.509 e. The van der Waals surface area contributed by atoms with Gasteiger partial charge in [-0.1, -0.05) is 6.07 Å². The first-order chi connectivity index (χ1) is 12.4. The van der Waals surface area contributed by atoms with E-state index in [1.54, 1.807) is 11.6 Å². The van der Waals surface area contributed by atoms with Crippen LogP contribution in [0.3, 0.4) is 0 Å². The van der Waals surface area contributed by atoms with Crippen LogP contribution < -0.4 is 4.90 Å². The van der Waals surface area contributed by atoms with Crippen LogP contribution in [0.5, 0.6) is 0 Å². The highest BCUT2D eigenvalue weighted by Gasteiger charge is 2.33. The van der Waals surface area contributed by atoms with E-state index in [9.17, 15) is 13.9 Å². The highest BCUT2D eigenvalue weighted by atomic mass is 19.1. The monoisotopic (exact) mass is 354 g/mol. The van der Waals surface area contributed by atoms with Gasteiger partial charge in [0.25, 0.3) is 0 Å². The molecule has 2 aromatic carbocycles. The first-order valence-corrected chi connectivity index (χ1v) is 8.04. The molecule has 0 saturated carbocycles. The molecule has 0 aliphatic carbocycles. The summed E-state index contributed by atoms with van der Waals surface area (Å²) >= 11 is 0. The highest BCUT2D eigenvalue weighted by molar-refractivity contribution is 6.30. The molecule has 0 atom stereocenters. The first kappa shape index (κ1) is 16.3. The lowest BCUT2D eigenvalue weighted by molar-refractivity contribution is 0.410. The molecule has 1 aromatic heterocycles. The third kappa shape index (κ3) is 2.35. The van der Waals surface area contributed by atoms with Crippen LogP contribution in [0.15, 0.2) is 42.2 Å². The number of aliphatic hydroxyl groups excluding tert-OH is 1. The van der Waals surface area contributed by atoms with Gasteiger partial charge >= 0.3 is 0 Å². The summed E-state index contributed by atoms with van der Waals surface area (Å²) in [5.74, 6) is -1.09. The van der Waals surface area contributed by atoms with Gasteiger partial charge in [0.15, 0.2) is 0 Å². The number of benzene rings is 2. The molecule has 0 spiro atoms. The molecule has 5 nitrogen and oxygen atoms in total. The van der Waals surface area contributed by atoms with Gasteiger partial charge in [0, 0.05) is 13.1 Å². The van der Waals surface area contributed by atoms with Crippen molar-refractivity contribution < 1.29 is 13.9 Å². The van der Waals surface area contributed by atoms with E-state index in [4.69, 9.17) is 5.41 Å². The predicted molar refractivity (Wildman–Crippen MR) is 96.4 cm³/mol. The number of hydrogen-bond acceptors (Lipinski definition) is 3. The number of aryl methyl sites for hydroxylation is 2. The van der Waals surface area contributed by atoms with Crippen molar-refractivity contribution in [3.63, 3.8) is 0 Å². The Labute approximate surface area is 148 Å². The Morgan fingerprint density at radius 3 is 2.69 bits per heavy atom. The topological polar surface area (TPSA) is 65.1 Å². The number of nitrogens with zero attached hydrogens (tertiary/aromatic N) is 3. The van der Waals surface area contributed by atoms with Crippen LogP contribution in [0.1, 0.15) is 11.4 Å². The van der Waals surface area contributed by atoms with Crippen molar-refractivity contribution in [2.24, 2.45) is 7.05 Å². The zero-order chi connectivity index (χ0) is 18.6. The van der Waals surface area contributed by atoms with Crippen molar-refractivity contribution in [1.82, 2.24) is 9.55 Å². The zero-order valence-electron chi connectivity index (χ0n) is 14.2. The zero-order valence-corrected chi connectivity index (χ0v) is 14.2. The summed E-state index contributed by atoms with van der Waals surface area (Å²) < 4.78 is 29.4. The van der Waals surface area contributed by atoms with E-state index in [1.807, 2.05) is 25.1 Å². The third-order valence-electron chi connectivity index (χ3n) is 4.56. The number of nitrogens with one attached hydrogen (secondary N) is 1. The van der Waals surface area contributed by atoms with E-state index in [1.165, 1.54) is 4.90 Å². The van der Waals surface area contributed by atoms with Gasteiger partial charge in [-0.05, 0) is 36.8 Å². The standard InChI is InChI=1S/C19H16F2N4O/c1-10-3-6-14-13(7-10)23-19(24(14)2)17-16(26)9-25(18(17)22)15-8-11(20)4-5-12(15)21/h3-8,22,26H,9H2,1-2H3. The lowest BCUT2D eigenvalue weighted by Gasteiger charge is -2.19. The van der Waals surface area contributed by atoms with E-state index in [2.05, 4.69) is 4.98 Å². The summed E-state index contributed by atoms with van der Waals surface area (Å²) in [5, 5.41) is 18.9. The van der Waals surface area contributed by atoms with E-state index in [0.717, 1.165) is 34.8 Å². The first-order valence-electron chi connectivity index (χ1n) is 8.04. The lowest BCUT2D eigenvalue weighted by atomic mass is 10.2. The maximum absolute atomic E-state index is 14.1. The molecule has 7 heteroatoms. The normalized spacial score (nSPS) is 14.8. The molecule has 2 N–H and O–H groups in total. The van der Waals surface area contributed by atoms with Crippen molar-refractivity contribution in [2.45, 2.75) is 6.92 Å². The van der Waals surface area contributed by atoms with Gasteiger partial charge in [-0.15, -0.1) is 0 Å². The van der Waals surface area contributed by atoms with Crippen LogP contribution in [0.2, 0.25) is 0 Å². The molecule has 2 heterocycles. The van der Waals surface area contributed by atoms with E-state index in [0.29, 0.717) is 5.82 Å². The number of imidazole rings is 1. The minimum absolute atomic E-state index is 0.0915. The quantitative estimate of drug-likeness (QED) is 0.733. The van der Waals surface area contributed by atoms with Gasteiger partial charge in [-0.3, -0.25) is 5.41 Å². The number of halogens is 2. The Balaban J connectivity index is 1.81. The second-order valence-electron chi connectivity index (χ2n) is 6.34. The average molecular weight is 354 g/mol. The van der Waals surface area contributed by atoms with Gasteiger partial charge < -0.3 is 14.6 Å². The summed E-state index contributed by atoms with van der Waals surface area (Å²) in [5.41, 5.74) is 2.77. The smallest absolute Gasteiger partial charge is 0.148 e. The summed E-state index contributed by atoms with van der Waals surface area (Å²) in [4.78, 5) is 5.76. The van der Waals surface area contributed by atoms with Gasteiger partial charge in [0.05, 0.1) is 28.8 Å². The van der Waals surface area contributed by atoms with Gasteiger partial charge in [0.2, 0.25) is 0 Å². The predicted octanol–water partition coefficient (Wildman–Crippen LogP) is 3.93. The van der Waals surface area contributed by atoms with Gasteiger partial charge in [-0.25, -0.2) is 13.8 Å². The summed E-state index contributed by atoms with van der Waals surface area (Å²) in [6.07, 6.45) is 0. The molecule has 132 valence electrons. The Morgan fingerprint density at radius 1 is 1.15 bits per heavy atom. The number of amidine groups is 1. The van der Waals surface area contributed by atoms with Crippen LogP contribution >= 0.6 is 0 Å². The number of hydrogen-bond donors (Lipinski definition) is 2. The van der Waals surface area contributed by atoms with Crippen LogP contribution in [-0.2, 0) is 7.05 Å². The fraction of sp³-hybridized carbons (Fsp3) is 0.158. The Hall–Kier alpha value is -3.22. The molecule has 1 aliphatic rings. The minimum atomic E-state index is -0.661. The number of rotatable bonds is 2. The molecule has 0 saturated heterocycles. The van der Waals surface area contributed by atoms with Crippen molar-refractivity contribution in [1.29, 1.82) is 5.41 Å². The van der Waals surface area contributed by atoms with E-state index in [-0.39, 0.29) is 29.4 Å². The van der Waals surface area contributed by atoms with Crippen LogP contribution in [0.4, 0.5) is 14.5 Å². The van der Waals surface area contributed by atoms with Crippen molar-refractivity contribution in [3.05, 3.63) is 65.2 Å². The molecule has 0 fully saturated rings. The van der Waals surface area contributed by atoms with Gasteiger partial charge in [0.1, 0.15) is 29.1 Å². The van der Waals surface area contributed by atoms with Crippen LogP contribution in [-0.4, -0.2) is 27.0 Å². The van der Waals surface area contributed by atoms with Crippen LogP contribution in [0, 0.1) is 24.0 Å². The second kappa shape index (κ2) is 5.66. The molecule has 0 amide bonds. The second-order valence-corrected chi connectivity index (χ2v) is 6.34. The number of anilines is 1. The average Bonchev–Trinajstić information content (AvgIpc) is 3.06. The van der Waals surface area contributed by atoms with Crippen molar-refractivity contribution >= 4 is 28.1 Å². The lowest BCUT2D eigenvalue weighted by Crippen LogP contribution is -2.27. The van der Waals surface area contributed by atoms with Gasteiger partial charge in [-0.2, -0.15) is 0 Å². The molecule has 4 rings (SSSR count). The molecule has 0 bridgehead atoms. The largest absolute Gasteiger partial charge is 0.509 e. The molecule has 26 heavy (non-hydrogen) atoms. The summed E-state index contributed by atoms with van der Waals surface area (Å²) in [7, 11) is 1.79. The molecular weight excluding hydrogens is 338 g/mol. The number of aliphatic hydroxyl groups is 1. The fourth-order valence-corrected chi connectivity index (χ4v) is 3.25. The molecule has 0 radical (unpaired) electrons. The van der Waals surface area contributed by atoms with E-state index < -0.39 is 11.6 Å². The molecular formula is C19H16F2N4O. The third-order valence-corrected chi connectivity index (χ3v) is 4.56. The maximum atomic E-state index is 14.1. The van der Waals surface area contributed by atoms with Crippen molar-refractivity contribution in [2.75, 3.05) is 11.4 Å². The highest BCUT2D eigenvalue weighted by Crippen LogP contribution is 2.33. The Kier molecular flexibility index (Phi) is 3.54. The maximum Gasteiger partial charge on any atom is 0.148 e. The Bertz CT molecular complexity index is 1100. The SMILES string of the molecule is Cc1ccc2c(c1)nc(C1=C(O)CN(c3cc(F)ccc3F)C1=N)n2C. The van der Waals surface area contributed by atoms with Crippen molar-refractivity contribution in [3.8, 4) is 0 Å². The van der Waals surface area contributed by atoms with Crippen LogP contribution in [0.25, 0.3) is 16.6 Å². The fourth-order valence-electron chi connectivity index (χ4n) is 3.25. The van der Waals surface area contributed by atoms with E-state index >= 15 is 0 Å². The molecule has 1 aliphatic heterocycles. The molecule has 0 unspecified atom stereocenters. The number of aromatic nitrogens is 2. The summed E-state index contributed by atoms with van der Waals surface area (Å²) in [6.45, 7) is 1.84. The Morgan fingerprint density at radius 2 is 1.92 bits per heavy atom.